The molecular formula is C10H13NO4S2. The number of carbonyl (C=O) groups is 1. The van der Waals surface area contributed by atoms with Crippen molar-refractivity contribution in [2.75, 3.05) is 11.0 Å². The number of nitrogens with one attached hydrogen (secondary N) is 1. The quantitative estimate of drug-likeness (QED) is 0.798. The van der Waals surface area contributed by atoms with Crippen molar-refractivity contribution in [1.82, 2.24) is 0 Å². The second kappa shape index (κ2) is 5.42. The van der Waals surface area contributed by atoms with Crippen LogP contribution >= 0.6 is 11.8 Å². The van der Waals surface area contributed by atoms with E-state index in [4.69, 9.17) is 5.11 Å². The number of hydrogen-bond acceptors (Lipinski definition) is 4. The molecule has 1 unspecified atom stereocenters. The van der Waals surface area contributed by atoms with E-state index in [2.05, 4.69) is 4.72 Å². The van der Waals surface area contributed by atoms with Gasteiger partial charge in [-0.2, -0.15) is 0 Å². The summed E-state index contributed by atoms with van der Waals surface area (Å²) >= 11 is 1.54. The summed E-state index contributed by atoms with van der Waals surface area (Å²) < 4.78 is 25.4. The number of carboxylic acids is 1. The van der Waals surface area contributed by atoms with Crippen molar-refractivity contribution in [2.45, 2.75) is 17.1 Å². The molecule has 0 radical (unpaired) electrons. The van der Waals surface area contributed by atoms with Gasteiger partial charge in [-0.05, 0) is 37.4 Å². The molecule has 0 aliphatic heterocycles. The first kappa shape index (κ1) is 13.9. The van der Waals surface area contributed by atoms with Gasteiger partial charge in [-0.1, -0.05) is 0 Å². The van der Waals surface area contributed by atoms with Crippen LogP contribution in [0, 0.1) is 0 Å². The van der Waals surface area contributed by atoms with Crippen LogP contribution in [0.5, 0.6) is 0 Å². The number of hydrogen-bond donors (Lipinski definition) is 2. The van der Waals surface area contributed by atoms with E-state index in [1.165, 1.54) is 11.8 Å². The summed E-state index contributed by atoms with van der Waals surface area (Å²) in [5.74, 6) is -1.38. The average molecular weight is 275 g/mol. The largest absolute Gasteiger partial charge is 0.480 e. The highest BCUT2D eigenvalue weighted by atomic mass is 32.2. The Morgan fingerprint density at radius 3 is 2.29 bits per heavy atom. The van der Waals surface area contributed by atoms with Crippen LogP contribution in [-0.4, -0.2) is 31.0 Å². The predicted molar refractivity (Wildman–Crippen MR) is 67.9 cm³/mol. The van der Waals surface area contributed by atoms with E-state index < -0.39 is 21.2 Å². The number of anilines is 1. The van der Waals surface area contributed by atoms with Gasteiger partial charge in [0.25, 0.3) is 0 Å². The molecule has 1 aromatic rings. The van der Waals surface area contributed by atoms with Crippen LogP contribution in [0.3, 0.4) is 0 Å². The van der Waals surface area contributed by atoms with E-state index >= 15 is 0 Å². The van der Waals surface area contributed by atoms with Crippen molar-refractivity contribution in [3.05, 3.63) is 24.3 Å². The van der Waals surface area contributed by atoms with Gasteiger partial charge in [0.2, 0.25) is 10.0 Å². The standard InChI is InChI=1S/C10H13NO4S2/c1-7(10(12)13)17(14,15)11-8-3-5-9(16-2)6-4-8/h3-7,11H,1-2H3,(H,12,13). The molecule has 94 valence electrons. The highest BCUT2D eigenvalue weighted by Crippen LogP contribution is 2.19. The van der Waals surface area contributed by atoms with Crippen LogP contribution in [-0.2, 0) is 14.8 Å². The minimum atomic E-state index is -3.89. The fourth-order valence-electron chi connectivity index (χ4n) is 1.04. The van der Waals surface area contributed by atoms with E-state index in [9.17, 15) is 13.2 Å². The molecule has 0 fully saturated rings. The zero-order valence-corrected chi connectivity index (χ0v) is 11.0. The molecule has 0 aliphatic carbocycles. The molecule has 7 heteroatoms. The normalized spacial score (nSPS) is 13.1. The smallest absolute Gasteiger partial charge is 0.323 e. The maximum absolute atomic E-state index is 11.6. The first-order chi connectivity index (χ1) is 7.86. The lowest BCUT2D eigenvalue weighted by Gasteiger charge is -2.11. The fraction of sp³-hybridized carbons (Fsp3) is 0.300. The topological polar surface area (TPSA) is 83.5 Å². The van der Waals surface area contributed by atoms with E-state index in [-0.39, 0.29) is 0 Å². The van der Waals surface area contributed by atoms with E-state index in [1.54, 1.807) is 24.3 Å². The third-order valence-corrected chi connectivity index (χ3v) is 4.56. The highest BCUT2D eigenvalue weighted by molar-refractivity contribution is 7.98. The Bertz CT molecular complexity index is 496. The van der Waals surface area contributed by atoms with Crippen LogP contribution in [0.1, 0.15) is 6.92 Å². The Morgan fingerprint density at radius 1 is 1.35 bits per heavy atom. The highest BCUT2D eigenvalue weighted by Gasteiger charge is 2.27. The fourth-order valence-corrected chi connectivity index (χ4v) is 2.36. The Balaban J connectivity index is 2.86. The summed E-state index contributed by atoms with van der Waals surface area (Å²) in [4.78, 5) is 11.6. The lowest BCUT2D eigenvalue weighted by Crippen LogP contribution is -2.32. The van der Waals surface area contributed by atoms with Crippen molar-refractivity contribution < 1.29 is 18.3 Å². The van der Waals surface area contributed by atoms with Gasteiger partial charge in [-0.25, -0.2) is 8.42 Å². The molecule has 0 heterocycles. The molecule has 0 spiro atoms. The summed E-state index contributed by atoms with van der Waals surface area (Å²) in [5, 5.41) is 7.17. The minimum absolute atomic E-state index is 0.357. The molecule has 1 aromatic carbocycles. The van der Waals surface area contributed by atoms with Crippen molar-refractivity contribution in [1.29, 1.82) is 0 Å². The Labute approximate surface area is 104 Å². The van der Waals surface area contributed by atoms with Gasteiger partial charge in [-0.15, -0.1) is 11.8 Å². The number of thioether (sulfide) groups is 1. The molecular weight excluding hydrogens is 262 g/mol. The van der Waals surface area contributed by atoms with Gasteiger partial charge in [-0.3, -0.25) is 9.52 Å². The van der Waals surface area contributed by atoms with Gasteiger partial charge in [0.1, 0.15) is 0 Å². The van der Waals surface area contributed by atoms with Crippen LogP contribution in [0.4, 0.5) is 5.69 Å². The summed E-state index contributed by atoms with van der Waals surface area (Å²) in [5.41, 5.74) is 0.357. The number of benzene rings is 1. The Kier molecular flexibility index (Phi) is 4.41. The van der Waals surface area contributed by atoms with Gasteiger partial charge in [0, 0.05) is 10.6 Å². The van der Waals surface area contributed by atoms with Crippen LogP contribution in [0.15, 0.2) is 29.2 Å². The maximum atomic E-state index is 11.6. The van der Waals surface area contributed by atoms with E-state index in [0.717, 1.165) is 11.8 Å². The number of rotatable bonds is 5. The van der Waals surface area contributed by atoms with Gasteiger partial charge in [0.05, 0.1) is 0 Å². The van der Waals surface area contributed by atoms with Crippen molar-refractivity contribution in [3.63, 3.8) is 0 Å². The number of carboxylic acid groups (broad SMARTS) is 1. The maximum Gasteiger partial charge on any atom is 0.323 e. The molecule has 1 atom stereocenters. The zero-order valence-electron chi connectivity index (χ0n) is 9.38. The molecule has 0 amide bonds. The molecule has 0 bridgehead atoms. The molecule has 5 nitrogen and oxygen atoms in total. The van der Waals surface area contributed by atoms with Crippen molar-refractivity contribution in [2.24, 2.45) is 0 Å². The number of sulfonamides is 1. The second-order valence-corrected chi connectivity index (χ2v) is 6.24. The van der Waals surface area contributed by atoms with Crippen molar-refractivity contribution >= 4 is 33.4 Å². The van der Waals surface area contributed by atoms with Crippen LogP contribution < -0.4 is 4.72 Å². The van der Waals surface area contributed by atoms with Gasteiger partial charge in [0.15, 0.2) is 5.25 Å². The third-order valence-electron chi connectivity index (χ3n) is 2.16. The van der Waals surface area contributed by atoms with Crippen LogP contribution in [0.25, 0.3) is 0 Å². The average Bonchev–Trinajstić information content (AvgIpc) is 2.28. The Hall–Kier alpha value is -1.21. The second-order valence-electron chi connectivity index (χ2n) is 3.36. The molecule has 0 aliphatic rings. The summed E-state index contributed by atoms with van der Waals surface area (Å²) in [6.07, 6.45) is 1.91. The molecule has 2 N–H and O–H groups in total. The molecule has 0 saturated heterocycles. The summed E-state index contributed by atoms with van der Waals surface area (Å²) in [6, 6.07) is 6.71. The van der Waals surface area contributed by atoms with Crippen LogP contribution in [0.2, 0.25) is 0 Å². The molecule has 0 saturated carbocycles. The van der Waals surface area contributed by atoms with Gasteiger partial charge < -0.3 is 5.11 Å². The molecule has 17 heavy (non-hydrogen) atoms. The molecule has 0 aromatic heterocycles. The van der Waals surface area contributed by atoms with E-state index in [1.807, 2.05) is 6.26 Å². The third kappa shape index (κ3) is 3.64. The molecule has 1 rings (SSSR count). The first-order valence-corrected chi connectivity index (χ1v) is 7.52. The number of aliphatic carboxylic acids is 1. The monoisotopic (exact) mass is 275 g/mol. The SMILES string of the molecule is CSc1ccc(NS(=O)(=O)C(C)C(=O)O)cc1. The summed E-state index contributed by atoms with van der Waals surface area (Å²) in [7, 11) is -3.89. The zero-order chi connectivity index (χ0) is 13.1. The van der Waals surface area contributed by atoms with Crippen molar-refractivity contribution in [3.8, 4) is 0 Å². The lowest BCUT2D eigenvalue weighted by atomic mass is 10.3. The lowest BCUT2D eigenvalue weighted by molar-refractivity contribution is -0.136. The first-order valence-electron chi connectivity index (χ1n) is 4.75. The minimum Gasteiger partial charge on any atom is -0.480 e. The van der Waals surface area contributed by atoms with Gasteiger partial charge >= 0.3 is 5.97 Å². The summed E-state index contributed by atoms with van der Waals surface area (Å²) in [6.45, 7) is 1.13. The van der Waals surface area contributed by atoms with E-state index in [0.29, 0.717) is 5.69 Å². The predicted octanol–water partition coefficient (Wildman–Crippen LogP) is 1.62. The Morgan fingerprint density at radius 2 is 1.88 bits per heavy atom.